The Morgan fingerprint density at radius 3 is 2.59 bits per heavy atom. The predicted octanol–water partition coefficient (Wildman–Crippen LogP) is 3.80. The highest BCUT2D eigenvalue weighted by Crippen LogP contribution is 2.18. The molecule has 2 aromatic carbocycles. The molecular weight excluding hydrogens is 348 g/mol. The predicted molar refractivity (Wildman–Crippen MR) is 102 cm³/mol. The summed E-state index contributed by atoms with van der Waals surface area (Å²) in [5.74, 6) is -1.16. The summed E-state index contributed by atoms with van der Waals surface area (Å²) < 4.78 is 5.08. The molecule has 7 nitrogen and oxygen atoms in total. The number of aryl methyl sites for hydroxylation is 1. The summed E-state index contributed by atoms with van der Waals surface area (Å²) in [5, 5.41) is 13.5. The van der Waals surface area contributed by atoms with Gasteiger partial charge in [-0.1, -0.05) is 24.3 Å². The van der Waals surface area contributed by atoms with Crippen LogP contribution in [-0.2, 0) is 14.3 Å². The molecule has 7 heteroatoms. The molecule has 0 bridgehead atoms. The van der Waals surface area contributed by atoms with E-state index in [1.807, 2.05) is 26.0 Å². The number of nitrogens with zero attached hydrogens (tertiary/aromatic N) is 1. The number of anilines is 1. The lowest BCUT2D eigenvalue weighted by Crippen LogP contribution is -2.29. The van der Waals surface area contributed by atoms with E-state index in [2.05, 4.69) is 5.32 Å². The Morgan fingerprint density at radius 2 is 1.89 bits per heavy atom. The third-order valence-corrected chi connectivity index (χ3v) is 4.02. The number of hydrogen-bond donors (Lipinski definition) is 1. The maximum atomic E-state index is 12.2. The fraction of sp³-hybridized carbons (Fsp3) is 0.200. The van der Waals surface area contributed by atoms with Gasteiger partial charge < -0.3 is 10.1 Å². The average molecular weight is 368 g/mol. The van der Waals surface area contributed by atoms with Gasteiger partial charge in [-0.15, -0.1) is 0 Å². The Morgan fingerprint density at radius 1 is 1.19 bits per heavy atom. The second kappa shape index (κ2) is 8.75. The minimum atomic E-state index is -0.993. The summed E-state index contributed by atoms with van der Waals surface area (Å²) in [7, 11) is 0. The zero-order valence-electron chi connectivity index (χ0n) is 15.3. The molecule has 2 aromatic rings. The van der Waals surface area contributed by atoms with Gasteiger partial charge in [0, 0.05) is 23.9 Å². The highest BCUT2D eigenvalue weighted by Gasteiger charge is 2.17. The van der Waals surface area contributed by atoms with Crippen molar-refractivity contribution in [2.75, 3.05) is 5.32 Å². The van der Waals surface area contributed by atoms with E-state index in [9.17, 15) is 19.7 Å². The van der Waals surface area contributed by atoms with Crippen molar-refractivity contribution in [3.63, 3.8) is 0 Å². The number of ether oxygens (including phenoxy) is 1. The van der Waals surface area contributed by atoms with Crippen molar-refractivity contribution in [2.45, 2.75) is 26.9 Å². The Balaban J connectivity index is 1.96. The van der Waals surface area contributed by atoms with Crippen LogP contribution in [0.4, 0.5) is 11.4 Å². The van der Waals surface area contributed by atoms with Gasteiger partial charge in [0.1, 0.15) is 0 Å². The molecule has 27 heavy (non-hydrogen) atoms. The smallest absolute Gasteiger partial charge is 0.331 e. The van der Waals surface area contributed by atoms with Crippen LogP contribution in [0.15, 0.2) is 48.5 Å². The molecule has 0 radical (unpaired) electrons. The van der Waals surface area contributed by atoms with Crippen LogP contribution in [0.2, 0.25) is 0 Å². The molecule has 1 N–H and O–H groups in total. The maximum absolute atomic E-state index is 12.2. The molecule has 1 atom stereocenters. The highest BCUT2D eigenvalue weighted by atomic mass is 16.6. The SMILES string of the molecule is Cc1cccc(NC(=O)[C@H](C)OC(=O)/C=C/c2cccc([N+](=O)[O-])c2)c1C. The fourth-order valence-corrected chi connectivity index (χ4v) is 2.29. The van der Waals surface area contributed by atoms with Gasteiger partial charge in [-0.3, -0.25) is 14.9 Å². The highest BCUT2D eigenvalue weighted by molar-refractivity contribution is 5.97. The number of nitro benzene ring substituents is 1. The third kappa shape index (κ3) is 5.50. The molecule has 0 spiro atoms. The lowest BCUT2D eigenvalue weighted by atomic mass is 10.1. The molecule has 0 unspecified atom stereocenters. The quantitative estimate of drug-likeness (QED) is 0.362. The second-order valence-corrected chi connectivity index (χ2v) is 6.00. The van der Waals surface area contributed by atoms with Crippen molar-refractivity contribution in [2.24, 2.45) is 0 Å². The molecule has 0 saturated heterocycles. The maximum Gasteiger partial charge on any atom is 0.331 e. The van der Waals surface area contributed by atoms with Crippen molar-refractivity contribution >= 4 is 29.3 Å². The van der Waals surface area contributed by atoms with E-state index in [1.165, 1.54) is 31.2 Å². The summed E-state index contributed by atoms with van der Waals surface area (Å²) in [4.78, 5) is 34.4. The van der Waals surface area contributed by atoms with Crippen molar-refractivity contribution in [3.8, 4) is 0 Å². The normalized spacial score (nSPS) is 11.8. The molecule has 0 fully saturated rings. The number of nitro groups is 1. The number of rotatable bonds is 6. The number of nitrogens with one attached hydrogen (secondary N) is 1. The Bertz CT molecular complexity index is 905. The first-order valence-corrected chi connectivity index (χ1v) is 8.28. The van der Waals surface area contributed by atoms with Crippen LogP contribution in [0.5, 0.6) is 0 Å². The number of amides is 1. The topological polar surface area (TPSA) is 98.5 Å². The van der Waals surface area contributed by atoms with Gasteiger partial charge in [0.2, 0.25) is 0 Å². The van der Waals surface area contributed by atoms with Gasteiger partial charge >= 0.3 is 5.97 Å². The number of hydrogen-bond acceptors (Lipinski definition) is 5. The second-order valence-electron chi connectivity index (χ2n) is 6.00. The molecule has 0 heterocycles. The summed E-state index contributed by atoms with van der Waals surface area (Å²) >= 11 is 0. The first-order valence-electron chi connectivity index (χ1n) is 8.28. The zero-order valence-corrected chi connectivity index (χ0v) is 15.3. The van der Waals surface area contributed by atoms with Crippen LogP contribution in [0.25, 0.3) is 6.08 Å². The summed E-state index contributed by atoms with van der Waals surface area (Å²) in [6.45, 7) is 5.30. The number of non-ortho nitro benzene ring substituents is 1. The van der Waals surface area contributed by atoms with E-state index in [1.54, 1.807) is 12.1 Å². The van der Waals surface area contributed by atoms with Gasteiger partial charge in [0.15, 0.2) is 6.10 Å². The average Bonchev–Trinajstić information content (AvgIpc) is 2.64. The summed E-state index contributed by atoms with van der Waals surface area (Å²) in [5.41, 5.74) is 3.04. The molecule has 0 aliphatic heterocycles. The van der Waals surface area contributed by atoms with Crippen LogP contribution in [-0.4, -0.2) is 22.9 Å². The van der Waals surface area contributed by atoms with Gasteiger partial charge in [0.05, 0.1) is 4.92 Å². The van der Waals surface area contributed by atoms with E-state index in [-0.39, 0.29) is 5.69 Å². The van der Waals surface area contributed by atoms with E-state index < -0.39 is 22.9 Å². The minimum Gasteiger partial charge on any atom is -0.449 e. The Labute approximate surface area is 156 Å². The van der Waals surface area contributed by atoms with Gasteiger partial charge in [-0.25, -0.2) is 4.79 Å². The van der Waals surface area contributed by atoms with Crippen LogP contribution in [0.1, 0.15) is 23.6 Å². The minimum absolute atomic E-state index is 0.0770. The zero-order chi connectivity index (χ0) is 20.0. The van der Waals surface area contributed by atoms with Gasteiger partial charge in [-0.05, 0) is 49.6 Å². The summed E-state index contributed by atoms with van der Waals surface area (Å²) in [6.07, 6.45) is 1.53. The van der Waals surface area contributed by atoms with Crippen LogP contribution in [0, 0.1) is 24.0 Å². The number of carbonyl (C=O) groups is 2. The van der Waals surface area contributed by atoms with E-state index in [0.717, 1.165) is 17.2 Å². The fourth-order valence-electron chi connectivity index (χ4n) is 2.29. The Kier molecular flexibility index (Phi) is 6.43. The van der Waals surface area contributed by atoms with Crippen molar-refractivity contribution in [1.29, 1.82) is 0 Å². The molecule has 0 aliphatic rings. The molecule has 0 aliphatic carbocycles. The largest absolute Gasteiger partial charge is 0.449 e. The van der Waals surface area contributed by atoms with Crippen LogP contribution < -0.4 is 5.32 Å². The number of benzene rings is 2. The third-order valence-electron chi connectivity index (χ3n) is 4.02. The number of carbonyl (C=O) groups excluding carboxylic acids is 2. The van der Waals surface area contributed by atoms with E-state index >= 15 is 0 Å². The molecule has 2 rings (SSSR count). The standard InChI is InChI=1S/C20H20N2O5/c1-13-6-4-9-18(14(13)2)21-20(24)15(3)27-19(23)11-10-16-7-5-8-17(12-16)22(25)26/h4-12,15H,1-3H3,(H,21,24)/b11-10+/t15-/m0/s1. The van der Waals surface area contributed by atoms with Crippen molar-refractivity contribution in [3.05, 3.63) is 75.3 Å². The molecule has 0 saturated carbocycles. The van der Waals surface area contributed by atoms with Gasteiger partial charge in [-0.2, -0.15) is 0 Å². The van der Waals surface area contributed by atoms with E-state index in [0.29, 0.717) is 11.3 Å². The van der Waals surface area contributed by atoms with Crippen LogP contribution >= 0.6 is 0 Å². The van der Waals surface area contributed by atoms with E-state index in [4.69, 9.17) is 4.74 Å². The molecule has 140 valence electrons. The summed E-state index contributed by atoms with van der Waals surface area (Å²) in [6, 6.07) is 11.4. The monoisotopic (exact) mass is 368 g/mol. The molecular formula is C20H20N2O5. The lowest BCUT2D eigenvalue weighted by molar-refractivity contribution is -0.384. The first-order chi connectivity index (χ1) is 12.8. The van der Waals surface area contributed by atoms with Crippen LogP contribution in [0.3, 0.4) is 0 Å². The first kappa shape index (κ1) is 19.8. The number of esters is 1. The molecule has 0 aromatic heterocycles. The Hall–Kier alpha value is -3.48. The lowest BCUT2D eigenvalue weighted by Gasteiger charge is -2.14. The van der Waals surface area contributed by atoms with Crippen molar-refractivity contribution < 1.29 is 19.2 Å². The van der Waals surface area contributed by atoms with Crippen molar-refractivity contribution in [1.82, 2.24) is 0 Å². The van der Waals surface area contributed by atoms with Gasteiger partial charge in [0.25, 0.3) is 11.6 Å². The molecule has 1 amide bonds.